The van der Waals surface area contributed by atoms with Crippen LogP contribution in [0.1, 0.15) is 99.3 Å². The molecule has 0 saturated carbocycles. The van der Waals surface area contributed by atoms with Gasteiger partial charge in [-0.1, -0.05) is 73.6 Å². The number of unbranched alkanes of at least 4 members (excludes halogenated alkanes) is 4. The van der Waals surface area contributed by atoms with E-state index in [0.717, 1.165) is 12.8 Å². The second-order valence-electron chi connectivity index (χ2n) is 8.13. The average Bonchev–Trinajstić information content (AvgIpc) is 2.55. The fourth-order valence-electron chi connectivity index (χ4n) is 2.68. The van der Waals surface area contributed by atoms with Gasteiger partial charge in [0.15, 0.2) is 0 Å². The van der Waals surface area contributed by atoms with E-state index in [4.69, 9.17) is 0 Å². The summed E-state index contributed by atoms with van der Waals surface area (Å²) < 4.78 is 1.32. The van der Waals surface area contributed by atoms with Gasteiger partial charge in [-0.2, -0.15) is 0 Å². The molecule has 0 aliphatic rings. The van der Waals surface area contributed by atoms with Gasteiger partial charge in [-0.25, -0.2) is 0 Å². The van der Waals surface area contributed by atoms with Gasteiger partial charge in [0.05, 0.1) is 26.7 Å². The summed E-state index contributed by atoms with van der Waals surface area (Å²) in [6.07, 6.45) is 10.9. The summed E-state index contributed by atoms with van der Waals surface area (Å²) >= 11 is 0. The summed E-state index contributed by atoms with van der Waals surface area (Å²) in [4.78, 5) is 10.4. The highest BCUT2D eigenvalue weighted by Gasteiger charge is 2.19. The third-order valence-electron chi connectivity index (χ3n) is 4.86. The maximum atomic E-state index is 10.4. The van der Waals surface area contributed by atoms with Crippen LogP contribution in [0.25, 0.3) is 0 Å². The first-order valence-electron chi connectivity index (χ1n) is 10.2. The Bertz CT molecular complexity index is 278. The second-order valence-corrected chi connectivity index (χ2v) is 8.13. The fourth-order valence-corrected chi connectivity index (χ4v) is 2.68. The van der Waals surface area contributed by atoms with Crippen molar-refractivity contribution in [2.45, 2.75) is 99.3 Å². The molecule has 0 heterocycles. The molecule has 0 aliphatic carbocycles. The molecule has 0 aromatic rings. The molecule has 24 heavy (non-hydrogen) atoms. The largest absolute Gasteiger partial charge is 0.550 e. The molecule has 0 bridgehead atoms. The zero-order valence-electron chi connectivity index (χ0n) is 17.7. The number of rotatable bonds is 13. The molecule has 146 valence electrons. The Balaban J connectivity index is 0. The van der Waals surface area contributed by atoms with Crippen molar-refractivity contribution in [3.05, 3.63) is 0 Å². The predicted molar refractivity (Wildman–Crippen MR) is 104 cm³/mol. The molecule has 0 unspecified atom stereocenters. The van der Waals surface area contributed by atoms with Crippen LogP contribution < -0.4 is 5.11 Å². The number of carboxylic acid groups (broad SMARTS) is 1. The molecular formula is C21H45NO2. The van der Waals surface area contributed by atoms with Crippen LogP contribution in [0.2, 0.25) is 0 Å². The minimum Gasteiger partial charge on any atom is -0.550 e. The second kappa shape index (κ2) is 14.7. The maximum absolute atomic E-state index is 10.4. The Morgan fingerprint density at radius 2 is 1.12 bits per heavy atom. The van der Waals surface area contributed by atoms with Gasteiger partial charge in [-0.3, -0.25) is 0 Å². The van der Waals surface area contributed by atoms with Gasteiger partial charge in [0.25, 0.3) is 0 Å². The minimum atomic E-state index is -0.944. The van der Waals surface area contributed by atoms with Crippen molar-refractivity contribution in [1.82, 2.24) is 0 Å². The normalized spacial score (nSPS) is 11.8. The van der Waals surface area contributed by atoms with Gasteiger partial charge >= 0.3 is 0 Å². The standard InChI is InChI=1S/C13H30N.C8H16O2/c1-5-8-11-14(4,12-9-6-2)13-10-7-3;1-4-5-6-8(2,3)7(9)10/h5-13H2,1-4H3;4-6H2,1-3H3,(H,9,10)/q+1;/p-1. The van der Waals surface area contributed by atoms with Crippen molar-refractivity contribution in [2.75, 3.05) is 26.7 Å². The monoisotopic (exact) mass is 343 g/mol. The van der Waals surface area contributed by atoms with Crippen LogP contribution in [-0.4, -0.2) is 37.1 Å². The van der Waals surface area contributed by atoms with E-state index in [0.29, 0.717) is 6.42 Å². The fraction of sp³-hybridized carbons (Fsp3) is 0.952. The Kier molecular flexibility index (Phi) is 15.8. The van der Waals surface area contributed by atoms with Crippen LogP contribution in [0.4, 0.5) is 0 Å². The lowest BCUT2D eigenvalue weighted by Crippen LogP contribution is -2.46. The average molecular weight is 344 g/mol. The summed E-state index contributed by atoms with van der Waals surface area (Å²) in [7, 11) is 2.45. The lowest BCUT2D eigenvalue weighted by Gasteiger charge is -2.34. The van der Waals surface area contributed by atoms with E-state index in [2.05, 4.69) is 27.8 Å². The van der Waals surface area contributed by atoms with Gasteiger partial charge in [0.1, 0.15) is 0 Å². The number of hydrogen-bond donors (Lipinski definition) is 0. The Morgan fingerprint density at radius 3 is 1.38 bits per heavy atom. The number of aliphatic carboxylic acids is 1. The van der Waals surface area contributed by atoms with Gasteiger partial charge in [0.2, 0.25) is 0 Å². The van der Waals surface area contributed by atoms with Gasteiger partial charge in [0, 0.05) is 11.4 Å². The number of quaternary nitrogens is 1. The molecule has 0 radical (unpaired) electrons. The number of nitrogens with zero attached hydrogens (tertiary/aromatic N) is 1. The Hall–Kier alpha value is -0.570. The highest BCUT2D eigenvalue weighted by Crippen LogP contribution is 2.21. The van der Waals surface area contributed by atoms with E-state index in [1.807, 2.05) is 6.92 Å². The smallest absolute Gasteiger partial charge is 0.0784 e. The quantitative estimate of drug-likeness (QED) is 0.451. The van der Waals surface area contributed by atoms with E-state index >= 15 is 0 Å². The molecule has 0 fully saturated rings. The molecule has 0 atom stereocenters. The first-order valence-corrected chi connectivity index (χ1v) is 10.2. The van der Waals surface area contributed by atoms with E-state index in [1.54, 1.807) is 13.8 Å². The van der Waals surface area contributed by atoms with E-state index in [1.165, 1.54) is 62.6 Å². The molecule has 0 aliphatic heterocycles. The van der Waals surface area contributed by atoms with E-state index < -0.39 is 11.4 Å². The summed E-state index contributed by atoms with van der Waals surface area (Å²) in [6, 6.07) is 0. The summed E-state index contributed by atoms with van der Waals surface area (Å²) in [6.45, 7) is 16.5. The van der Waals surface area contributed by atoms with Crippen LogP contribution in [0.3, 0.4) is 0 Å². The molecule has 0 aromatic heterocycles. The van der Waals surface area contributed by atoms with Crippen molar-refractivity contribution >= 4 is 5.97 Å². The molecule has 0 N–H and O–H groups in total. The Morgan fingerprint density at radius 1 is 0.792 bits per heavy atom. The van der Waals surface area contributed by atoms with Crippen LogP contribution in [0, 0.1) is 5.41 Å². The summed E-state index contributed by atoms with van der Waals surface area (Å²) in [5.74, 6) is -0.944. The van der Waals surface area contributed by atoms with Crippen molar-refractivity contribution < 1.29 is 14.4 Å². The van der Waals surface area contributed by atoms with Crippen molar-refractivity contribution in [3.63, 3.8) is 0 Å². The number of carbonyl (C=O) groups excluding carboxylic acids is 1. The first kappa shape index (κ1) is 25.7. The molecule has 0 spiro atoms. The number of carboxylic acids is 1. The molecular weight excluding hydrogens is 298 g/mol. The Labute approximate surface area is 152 Å². The third-order valence-corrected chi connectivity index (χ3v) is 4.86. The van der Waals surface area contributed by atoms with Crippen LogP contribution in [-0.2, 0) is 4.79 Å². The van der Waals surface area contributed by atoms with Gasteiger partial charge < -0.3 is 14.4 Å². The maximum Gasteiger partial charge on any atom is 0.0784 e. The van der Waals surface area contributed by atoms with Crippen LogP contribution in [0.15, 0.2) is 0 Å². The molecule has 3 heteroatoms. The van der Waals surface area contributed by atoms with Crippen molar-refractivity contribution in [1.29, 1.82) is 0 Å². The number of hydrogen-bond acceptors (Lipinski definition) is 2. The predicted octanol–water partition coefficient (Wildman–Crippen LogP) is 4.79. The minimum absolute atomic E-state index is 0.643. The van der Waals surface area contributed by atoms with E-state index in [9.17, 15) is 9.90 Å². The zero-order valence-corrected chi connectivity index (χ0v) is 17.7. The molecule has 0 saturated heterocycles. The highest BCUT2D eigenvalue weighted by atomic mass is 16.4. The molecule has 0 rings (SSSR count). The first-order chi connectivity index (χ1) is 11.2. The summed E-state index contributed by atoms with van der Waals surface area (Å²) in [5.41, 5.74) is -0.643. The van der Waals surface area contributed by atoms with Crippen molar-refractivity contribution in [3.8, 4) is 0 Å². The molecule has 3 nitrogen and oxygen atoms in total. The summed E-state index contributed by atoms with van der Waals surface area (Å²) in [5, 5.41) is 10.4. The van der Waals surface area contributed by atoms with Gasteiger partial charge in [-0.05, 0) is 25.7 Å². The van der Waals surface area contributed by atoms with Crippen LogP contribution >= 0.6 is 0 Å². The lowest BCUT2D eigenvalue weighted by atomic mass is 9.88. The SMILES string of the molecule is CCCCC(C)(C)C(=O)[O-].CCCC[N+](C)(CCCC)CCCC. The lowest BCUT2D eigenvalue weighted by molar-refractivity contribution is -0.910. The zero-order chi connectivity index (χ0) is 19.1. The van der Waals surface area contributed by atoms with Crippen molar-refractivity contribution in [2.24, 2.45) is 5.41 Å². The highest BCUT2D eigenvalue weighted by molar-refractivity contribution is 5.71. The number of carbonyl (C=O) groups is 1. The third kappa shape index (κ3) is 13.8. The topological polar surface area (TPSA) is 40.1 Å². The van der Waals surface area contributed by atoms with E-state index in [-0.39, 0.29) is 0 Å². The van der Waals surface area contributed by atoms with Crippen LogP contribution in [0.5, 0.6) is 0 Å². The molecule has 0 aromatic carbocycles. The van der Waals surface area contributed by atoms with Gasteiger partial charge in [-0.15, -0.1) is 0 Å². The molecule has 0 amide bonds.